The summed E-state index contributed by atoms with van der Waals surface area (Å²) < 4.78 is 10.4. The molecule has 0 saturated carbocycles. The monoisotopic (exact) mass is 232 g/mol. The lowest BCUT2D eigenvalue weighted by Crippen LogP contribution is -1.98. The molecular formula is C11H8N2O2S. The van der Waals surface area contributed by atoms with Crippen LogP contribution in [0.25, 0.3) is 11.4 Å². The highest BCUT2D eigenvalue weighted by atomic mass is 32.1. The average molecular weight is 232 g/mol. The van der Waals surface area contributed by atoms with E-state index >= 15 is 0 Å². The maximum Gasteiger partial charge on any atom is 0.267 e. The molecule has 2 aromatic heterocycles. The summed E-state index contributed by atoms with van der Waals surface area (Å²) in [5, 5.41) is 1.96. The van der Waals surface area contributed by atoms with Crippen molar-refractivity contribution in [1.29, 1.82) is 0 Å². The van der Waals surface area contributed by atoms with Crippen LogP contribution in [0.4, 0.5) is 0 Å². The van der Waals surface area contributed by atoms with Crippen molar-refractivity contribution < 1.29 is 9.47 Å². The van der Waals surface area contributed by atoms with Gasteiger partial charge in [-0.25, -0.2) is 4.98 Å². The first-order valence-electron chi connectivity index (χ1n) is 4.74. The van der Waals surface area contributed by atoms with E-state index in [0.717, 1.165) is 17.0 Å². The third-order valence-corrected chi connectivity index (χ3v) is 2.80. The highest BCUT2D eigenvalue weighted by molar-refractivity contribution is 7.07. The molecule has 0 saturated heterocycles. The molecule has 0 unspecified atom stereocenters. The molecule has 0 N–H and O–H groups in total. The molecule has 1 aliphatic heterocycles. The van der Waals surface area contributed by atoms with E-state index in [9.17, 15) is 0 Å². The van der Waals surface area contributed by atoms with Gasteiger partial charge >= 0.3 is 0 Å². The predicted molar refractivity (Wildman–Crippen MR) is 59.4 cm³/mol. The minimum absolute atomic E-state index is 0.364. The summed E-state index contributed by atoms with van der Waals surface area (Å²) in [6.45, 7) is 0. The van der Waals surface area contributed by atoms with Crippen LogP contribution in [0, 0.1) is 0 Å². The Morgan fingerprint density at radius 3 is 2.56 bits per heavy atom. The summed E-state index contributed by atoms with van der Waals surface area (Å²) in [4.78, 5) is 8.52. The molecule has 3 rings (SSSR count). The second-order valence-electron chi connectivity index (χ2n) is 3.23. The fourth-order valence-corrected chi connectivity index (χ4v) is 1.98. The normalized spacial score (nSPS) is 14.8. The zero-order chi connectivity index (χ0) is 10.8. The molecule has 0 spiro atoms. The second-order valence-corrected chi connectivity index (χ2v) is 3.95. The van der Waals surface area contributed by atoms with E-state index in [1.807, 2.05) is 17.5 Å². The first-order chi connectivity index (χ1) is 7.93. The van der Waals surface area contributed by atoms with Crippen molar-refractivity contribution in [3.63, 3.8) is 0 Å². The second kappa shape index (κ2) is 3.94. The van der Waals surface area contributed by atoms with E-state index in [2.05, 4.69) is 9.97 Å². The van der Waals surface area contributed by atoms with Gasteiger partial charge in [0.25, 0.3) is 6.29 Å². The lowest BCUT2D eigenvalue weighted by molar-refractivity contribution is -0.0248. The zero-order valence-electron chi connectivity index (χ0n) is 8.24. The van der Waals surface area contributed by atoms with Gasteiger partial charge in [0.05, 0.1) is 22.5 Å². The Hall–Kier alpha value is -1.88. The van der Waals surface area contributed by atoms with Crippen molar-refractivity contribution in [3.8, 4) is 11.4 Å². The van der Waals surface area contributed by atoms with E-state index in [1.165, 1.54) is 12.5 Å². The lowest BCUT2D eigenvalue weighted by Gasteiger charge is -2.09. The highest BCUT2D eigenvalue weighted by Gasteiger charge is 2.15. The summed E-state index contributed by atoms with van der Waals surface area (Å²) in [7, 11) is 0. The van der Waals surface area contributed by atoms with Crippen LogP contribution in [-0.4, -0.2) is 9.97 Å². The number of rotatable bonds is 2. The number of ether oxygens (including phenoxy) is 2. The lowest BCUT2D eigenvalue weighted by atomic mass is 10.2. The van der Waals surface area contributed by atoms with Gasteiger partial charge in [-0.1, -0.05) is 0 Å². The topological polar surface area (TPSA) is 44.2 Å². The third-order valence-electron chi connectivity index (χ3n) is 2.21. The van der Waals surface area contributed by atoms with Gasteiger partial charge in [-0.05, 0) is 12.1 Å². The molecule has 0 aliphatic carbocycles. The molecule has 0 amide bonds. The molecule has 0 aromatic carbocycles. The molecule has 0 bridgehead atoms. The molecule has 16 heavy (non-hydrogen) atoms. The van der Waals surface area contributed by atoms with Crippen molar-refractivity contribution in [1.82, 2.24) is 9.97 Å². The Kier molecular flexibility index (Phi) is 2.30. The van der Waals surface area contributed by atoms with Crippen LogP contribution in [0.2, 0.25) is 0 Å². The fraction of sp³-hybridized carbons (Fsp3) is 0.0909. The van der Waals surface area contributed by atoms with Crippen LogP contribution in [0.5, 0.6) is 0 Å². The van der Waals surface area contributed by atoms with Crippen molar-refractivity contribution in [2.24, 2.45) is 0 Å². The molecule has 0 radical (unpaired) electrons. The summed E-state index contributed by atoms with van der Waals surface area (Å²) in [6.07, 6.45) is 4.43. The van der Waals surface area contributed by atoms with Crippen LogP contribution in [0.15, 0.2) is 41.7 Å². The number of hydrogen-bond acceptors (Lipinski definition) is 5. The highest BCUT2D eigenvalue weighted by Crippen LogP contribution is 2.25. The number of pyridine rings is 1. The van der Waals surface area contributed by atoms with Crippen LogP contribution in [-0.2, 0) is 9.47 Å². The Labute approximate surface area is 96.2 Å². The molecule has 0 fully saturated rings. The molecular weight excluding hydrogens is 224 g/mol. The molecule has 1 aliphatic rings. The van der Waals surface area contributed by atoms with Gasteiger partial charge in [-0.3, -0.25) is 4.98 Å². The average Bonchev–Trinajstić information content (AvgIpc) is 3.03. The zero-order valence-corrected chi connectivity index (χ0v) is 9.05. The maximum atomic E-state index is 5.21. The largest absolute Gasteiger partial charge is 0.455 e. The van der Waals surface area contributed by atoms with E-state index in [4.69, 9.17) is 9.47 Å². The van der Waals surface area contributed by atoms with Crippen molar-refractivity contribution >= 4 is 11.3 Å². The minimum Gasteiger partial charge on any atom is -0.455 e. The van der Waals surface area contributed by atoms with Gasteiger partial charge < -0.3 is 9.47 Å². The van der Waals surface area contributed by atoms with Gasteiger partial charge in [0.1, 0.15) is 12.5 Å². The number of hydrogen-bond donors (Lipinski definition) is 0. The van der Waals surface area contributed by atoms with Crippen molar-refractivity contribution in [2.45, 2.75) is 6.29 Å². The van der Waals surface area contributed by atoms with Gasteiger partial charge in [-0.2, -0.15) is 0 Å². The smallest absolute Gasteiger partial charge is 0.267 e. The van der Waals surface area contributed by atoms with E-state index in [-0.39, 0.29) is 6.29 Å². The molecule has 4 nitrogen and oxygen atoms in total. The Morgan fingerprint density at radius 2 is 1.94 bits per heavy atom. The van der Waals surface area contributed by atoms with E-state index in [1.54, 1.807) is 23.0 Å². The fourth-order valence-electron chi connectivity index (χ4n) is 1.43. The molecule has 3 heterocycles. The summed E-state index contributed by atoms with van der Waals surface area (Å²) >= 11 is 1.55. The first kappa shape index (κ1) is 9.35. The van der Waals surface area contributed by atoms with Crippen LogP contribution in [0.3, 0.4) is 0 Å². The van der Waals surface area contributed by atoms with Gasteiger partial charge in [0, 0.05) is 11.6 Å². The van der Waals surface area contributed by atoms with Crippen molar-refractivity contribution in [2.75, 3.05) is 0 Å². The van der Waals surface area contributed by atoms with Crippen molar-refractivity contribution in [3.05, 3.63) is 47.3 Å². The summed E-state index contributed by atoms with van der Waals surface area (Å²) in [6, 6.07) is 3.84. The summed E-state index contributed by atoms with van der Waals surface area (Å²) in [5.41, 5.74) is 4.43. The molecule has 2 aromatic rings. The minimum atomic E-state index is -0.364. The summed E-state index contributed by atoms with van der Waals surface area (Å²) in [5.74, 6) is 0. The van der Waals surface area contributed by atoms with Gasteiger partial charge in [0.2, 0.25) is 0 Å². The first-order valence-corrected chi connectivity index (χ1v) is 5.68. The Balaban J connectivity index is 1.85. The maximum absolute atomic E-state index is 5.21. The van der Waals surface area contributed by atoms with Crippen LogP contribution < -0.4 is 0 Å². The van der Waals surface area contributed by atoms with Crippen LogP contribution in [0.1, 0.15) is 11.9 Å². The SMILES string of the molecule is C1=COC(c2ccc(-c3cscn3)nc2)O1. The third kappa shape index (κ3) is 1.65. The number of thiazole rings is 1. The standard InChI is InChI=1S/C11H8N2O2S/c1-2-9(10-6-16-7-13-10)12-5-8(1)11-14-3-4-15-11/h1-7,11H. The number of aromatic nitrogens is 2. The van der Waals surface area contributed by atoms with E-state index in [0.29, 0.717) is 0 Å². The molecule has 5 heteroatoms. The van der Waals surface area contributed by atoms with E-state index < -0.39 is 0 Å². The van der Waals surface area contributed by atoms with Crippen LogP contribution >= 0.6 is 11.3 Å². The Bertz CT molecular complexity index is 485. The molecule has 0 atom stereocenters. The predicted octanol–water partition coefficient (Wildman–Crippen LogP) is 2.72. The number of nitrogens with zero attached hydrogens (tertiary/aromatic N) is 2. The molecule has 80 valence electrons. The Morgan fingerprint density at radius 1 is 1.06 bits per heavy atom. The van der Waals surface area contributed by atoms with Gasteiger partial charge in [0.15, 0.2) is 0 Å². The quantitative estimate of drug-likeness (QED) is 0.798. The van der Waals surface area contributed by atoms with Gasteiger partial charge in [-0.15, -0.1) is 11.3 Å².